The van der Waals surface area contributed by atoms with E-state index < -0.39 is 24.0 Å². The van der Waals surface area contributed by atoms with Crippen molar-refractivity contribution in [2.75, 3.05) is 13.2 Å². The topological polar surface area (TPSA) is 54.0 Å². The molecule has 1 aliphatic rings. The molecule has 1 heterocycles. The maximum absolute atomic E-state index is 11.5. The van der Waals surface area contributed by atoms with Gasteiger partial charge in [-0.05, 0) is 11.4 Å². The molecule has 0 aromatic rings. The van der Waals surface area contributed by atoms with Crippen LogP contribution in [0.2, 0.25) is 0 Å². The van der Waals surface area contributed by atoms with E-state index in [4.69, 9.17) is 14.2 Å². The van der Waals surface area contributed by atoms with Crippen molar-refractivity contribution in [1.29, 1.82) is 0 Å². The minimum absolute atomic E-state index is 0.111. The highest BCUT2D eigenvalue weighted by Crippen LogP contribution is 2.46. The summed E-state index contributed by atoms with van der Waals surface area (Å²) in [6, 6.07) is 0. The van der Waals surface area contributed by atoms with Crippen molar-refractivity contribution in [3.8, 4) is 0 Å². The highest BCUT2D eigenvalue weighted by atomic mass is 19.4. The Hall–Kier alpha value is -1.47. The number of carbonyl (C=O) groups excluding carboxylic acids is 1. The fourth-order valence-electron chi connectivity index (χ4n) is 1.37. The molecule has 1 aliphatic heterocycles. The molecule has 0 aliphatic carbocycles. The third-order valence-corrected chi connectivity index (χ3v) is 2.82. The number of hydrogen-bond acceptors (Lipinski definition) is 5. The summed E-state index contributed by atoms with van der Waals surface area (Å²) < 4.78 is 105. The van der Waals surface area contributed by atoms with Crippen molar-refractivity contribution in [3.63, 3.8) is 0 Å². The zero-order chi connectivity index (χ0) is 20.8. The fraction of sp³-hybridized carbons (Fsp3) is 0.769. The Morgan fingerprint density at radius 3 is 2.12 bits per heavy atom. The van der Waals surface area contributed by atoms with Crippen LogP contribution in [-0.4, -0.2) is 49.3 Å². The summed E-state index contributed by atoms with van der Waals surface area (Å²) in [4.78, 5) is 12.1. The van der Waals surface area contributed by atoms with E-state index in [2.05, 4.69) is 6.58 Å². The molecule has 0 spiro atoms. The molecule has 0 aromatic heterocycles. The first-order chi connectivity index (χ1) is 11.7. The lowest BCUT2D eigenvalue weighted by atomic mass is 10.3. The summed E-state index contributed by atoms with van der Waals surface area (Å²) in [6.45, 7) is 7.69. The Bertz CT molecular complexity index is 482. The van der Waals surface area contributed by atoms with E-state index >= 15 is 0 Å². The van der Waals surface area contributed by atoms with Gasteiger partial charge in [0.1, 0.15) is 12.7 Å². The molecule has 2 unspecified atom stereocenters. The second kappa shape index (κ2) is 8.95. The Balaban J connectivity index is 0.000000488. The summed E-state index contributed by atoms with van der Waals surface area (Å²) in [5.41, 5.74) is 0. The molecule has 154 valence electrons. The van der Waals surface area contributed by atoms with Gasteiger partial charge in [-0.15, -0.1) is 11.5 Å². The van der Waals surface area contributed by atoms with Gasteiger partial charge in [0, 0.05) is 6.42 Å². The van der Waals surface area contributed by atoms with Crippen LogP contribution in [0.5, 0.6) is 0 Å². The number of halogens is 8. The summed E-state index contributed by atoms with van der Waals surface area (Å²) >= 11 is 0. The molecule has 1 saturated heterocycles. The lowest BCUT2D eigenvalue weighted by Crippen LogP contribution is -2.52. The molecule has 0 saturated carbocycles. The first-order valence-corrected chi connectivity index (χ1v) is 6.87. The van der Waals surface area contributed by atoms with Crippen molar-refractivity contribution >= 4 is 5.97 Å². The van der Waals surface area contributed by atoms with Gasteiger partial charge in [0.05, 0.1) is 6.61 Å². The van der Waals surface area contributed by atoms with E-state index in [1.165, 1.54) is 4.94 Å². The first kappa shape index (κ1) is 24.5. The monoisotopic (exact) mass is 404 g/mol. The van der Waals surface area contributed by atoms with Gasteiger partial charge in [-0.1, -0.05) is 13.0 Å². The number of esters is 1. The molecule has 26 heavy (non-hydrogen) atoms. The third kappa shape index (κ3) is 6.36. The van der Waals surface area contributed by atoms with Crippen LogP contribution >= 0.6 is 0 Å². The van der Waals surface area contributed by atoms with Gasteiger partial charge < -0.3 is 14.2 Å². The van der Waals surface area contributed by atoms with Crippen LogP contribution in [0.3, 0.4) is 0 Å². The third-order valence-electron chi connectivity index (χ3n) is 2.82. The van der Waals surface area contributed by atoms with Gasteiger partial charge in [0.25, 0.3) is 0 Å². The van der Waals surface area contributed by atoms with E-state index in [-0.39, 0.29) is 18.7 Å². The molecule has 0 amide bonds. The molecule has 0 N–H and O–H groups in total. The molecule has 13 heteroatoms. The molecular formula is C13H16F8O5. The fourth-order valence-corrected chi connectivity index (χ4v) is 1.37. The number of carbonyl (C=O) groups is 1. The molecule has 1 rings (SSSR count). The quantitative estimate of drug-likeness (QED) is 0.382. The van der Waals surface area contributed by atoms with Crippen LogP contribution in [0, 0.1) is 0 Å². The summed E-state index contributed by atoms with van der Waals surface area (Å²) in [5, 5.41) is 0. The number of rotatable bonds is 6. The van der Waals surface area contributed by atoms with E-state index in [0.717, 1.165) is 0 Å². The first-order valence-electron chi connectivity index (χ1n) is 6.87. The van der Waals surface area contributed by atoms with Gasteiger partial charge in [0.2, 0.25) is 5.79 Å². The Kier molecular flexibility index (Phi) is 8.44. The Morgan fingerprint density at radius 1 is 1.27 bits per heavy atom. The summed E-state index contributed by atoms with van der Waals surface area (Å²) in [7, 11) is 0. The maximum Gasteiger partial charge on any atom is 0.463 e. The summed E-state index contributed by atoms with van der Waals surface area (Å²) in [6.07, 6.45) is -10.8. The lowest BCUT2D eigenvalue weighted by Gasteiger charge is -2.23. The molecular weight excluding hydrogens is 388 g/mol. The van der Waals surface area contributed by atoms with Crippen LogP contribution < -0.4 is 0 Å². The minimum Gasteiger partial charge on any atom is -0.460 e. The van der Waals surface area contributed by atoms with Gasteiger partial charge in [-0.3, -0.25) is 4.79 Å². The number of ether oxygens (including phenoxy) is 3. The molecule has 0 aromatic carbocycles. The maximum atomic E-state index is 11.5. The molecule has 0 radical (unpaired) electrons. The normalized spacial score (nSPS) is 23.8. The molecule has 0 bridgehead atoms. The Morgan fingerprint density at radius 2 is 1.81 bits per heavy atom. The van der Waals surface area contributed by atoms with Crippen molar-refractivity contribution in [3.05, 3.63) is 12.7 Å². The zero-order valence-corrected chi connectivity index (χ0v) is 13.5. The van der Waals surface area contributed by atoms with Crippen LogP contribution in [0.25, 0.3) is 0 Å². The van der Waals surface area contributed by atoms with Crippen molar-refractivity contribution < 1.29 is 59.2 Å². The average Bonchev–Trinajstić information content (AvgIpc) is 2.94. The number of alkyl halides is 7. The van der Waals surface area contributed by atoms with Crippen LogP contribution in [-0.2, 0) is 23.9 Å². The Labute approximate surface area is 142 Å². The van der Waals surface area contributed by atoms with E-state index in [9.17, 15) is 40.1 Å². The standard InChI is InChI=1S/C10H16O4.C3F8O/c1-4-8-6-13-10(3,14-8)7-12-9(11)5-2;4-1(5,2(6,7)8)3(9,10)12-11/h4,8H,1,5-7H2,2-3H3;. The second-order valence-electron chi connectivity index (χ2n) is 5.02. The zero-order valence-electron chi connectivity index (χ0n) is 13.5. The highest BCUT2D eigenvalue weighted by Gasteiger charge is 2.75. The predicted octanol–water partition coefficient (Wildman–Crippen LogP) is 3.94. The van der Waals surface area contributed by atoms with Gasteiger partial charge in [-0.2, -0.15) is 30.7 Å². The van der Waals surface area contributed by atoms with Crippen molar-refractivity contribution in [2.45, 2.75) is 50.4 Å². The van der Waals surface area contributed by atoms with Crippen LogP contribution in [0.15, 0.2) is 12.7 Å². The van der Waals surface area contributed by atoms with Crippen LogP contribution in [0.1, 0.15) is 20.3 Å². The van der Waals surface area contributed by atoms with Crippen molar-refractivity contribution in [2.24, 2.45) is 0 Å². The highest BCUT2D eigenvalue weighted by molar-refractivity contribution is 5.68. The average molecular weight is 404 g/mol. The van der Waals surface area contributed by atoms with Gasteiger partial charge >= 0.3 is 24.2 Å². The largest absolute Gasteiger partial charge is 0.463 e. The molecule has 2 atom stereocenters. The smallest absolute Gasteiger partial charge is 0.460 e. The molecule has 5 nitrogen and oxygen atoms in total. The van der Waals surface area contributed by atoms with Gasteiger partial charge in [0.15, 0.2) is 0 Å². The SMILES string of the molecule is C=CC1COC(C)(COC(=O)CC)O1.FOC(F)(F)C(F)(F)C(F)(F)F. The van der Waals surface area contributed by atoms with Gasteiger partial charge in [-0.25, -0.2) is 0 Å². The summed E-state index contributed by atoms with van der Waals surface area (Å²) in [5.74, 6) is -7.61. The number of hydrogen-bond donors (Lipinski definition) is 0. The second-order valence-corrected chi connectivity index (χ2v) is 5.02. The van der Waals surface area contributed by atoms with Crippen molar-refractivity contribution in [1.82, 2.24) is 0 Å². The van der Waals surface area contributed by atoms with E-state index in [1.54, 1.807) is 19.9 Å². The minimum atomic E-state index is -6.57. The molecule has 1 fully saturated rings. The predicted molar refractivity (Wildman–Crippen MR) is 68.8 cm³/mol. The van der Waals surface area contributed by atoms with E-state index in [0.29, 0.717) is 13.0 Å². The van der Waals surface area contributed by atoms with Crippen LogP contribution in [0.4, 0.5) is 35.3 Å². The van der Waals surface area contributed by atoms with E-state index in [1.807, 2.05) is 0 Å². The lowest BCUT2D eigenvalue weighted by molar-refractivity contribution is -0.471.